The van der Waals surface area contributed by atoms with E-state index in [0.29, 0.717) is 18.4 Å². The van der Waals surface area contributed by atoms with Gasteiger partial charge < -0.3 is 20.1 Å². The molecule has 0 spiro atoms. The lowest BCUT2D eigenvalue weighted by molar-refractivity contribution is -0.0954. The van der Waals surface area contributed by atoms with Gasteiger partial charge in [-0.3, -0.25) is 0 Å². The number of benzene rings is 2. The second-order valence-corrected chi connectivity index (χ2v) is 8.85. The van der Waals surface area contributed by atoms with Crippen LogP contribution in [0.5, 0.6) is 5.75 Å². The molecule has 2 aromatic rings. The molecular weight excluding hydrogens is 456 g/mol. The average molecular weight is 480 g/mol. The first-order valence-corrected chi connectivity index (χ1v) is 10.9. The Morgan fingerprint density at radius 1 is 1.21 bits per heavy atom. The van der Waals surface area contributed by atoms with E-state index >= 15 is 0 Å². The normalized spacial score (nSPS) is 25.4. The van der Waals surface area contributed by atoms with E-state index < -0.39 is 58.9 Å². The number of aryl methyl sites for hydroxylation is 2. The standard InChI is InChI=1S/C25H24F4O5/c1-12-3-2-4-17(21(12)26)25(28,29)20(31)10-9-14-15-7-5-13-6-8-16(24(32)33)22(27)23(13)34-19(15)11-18(14)30/h2-4,6,8-10,14-15,18-20,30-31H,5,7,11H2,1H3,(H,32,33)/b10-9+/t14-,15-,18-,19+,20?/m1/s1. The molecule has 1 fully saturated rings. The lowest BCUT2D eigenvalue weighted by atomic mass is 9.87. The van der Waals surface area contributed by atoms with Gasteiger partial charge in [0.1, 0.15) is 18.0 Å². The Balaban J connectivity index is 1.55. The molecule has 1 unspecified atom stereocenters. The number of halogens is 4. The van der Waals surface area contributed by atoms with Crippen LogP contribution in [-0.4, -0.2) is 39.6 Å². The lowest BCUT2D eigenvalue weighted by Gasteiger charge is -2.24. The highest BCUT2D eigenvalue weighted by Crippen LogP contribution is 2.44. The van der Waals surface area contributed by atoms with E-state index in [1.807, 2.05) is 0 Å². The number of alkyl halides is 2. The highest BCUT2D eigenvalue weighted by atomic mass is 19.3. The Labute approximate surface area is 193 Å². The summed E-state index contributed by atoms with van der Waals surface area (Å²) < 4.78 is 64.3. The maximum Gasteiger partial charge on any atom is 0.338 e. The smallest absolute Gasteiger partial charge is 0.338 e. The van der Waals surface area contributed by atoms with Crippen molar-refractivity contribution in [3.8, 4) is 5.75 Å². The number of aliphatic hydroxyl groups is 2. The number of carbonyl (C=O) groups is 1. The number of ether oxygens (including phenoxy) is 1. The number of rotatable bonds is 5. The van der Waals surface area contributed by atoms with E-state index in [4.69, 9.17) is 9.84 Å². The van der Waals surface area contributed by atoms with Crippen LogP contribution < -0.4 is 4.74 Å². The molecule has 0 saturated heterocycles. The van der Waals surface area contributed by atoms with Crippen LogP contribution in [0, 0.1) is 30.4 Å². The third kappa shape index (κ3) is 4.18. The van der Waals surface area contributed by atoms with Gasteiger partial charge in [-0.1, -0.05) is 30.4 Å². The maximum atomic E-state index is 14.8. The predicted molar refractivity (Wildman–Crippen MR) is 114 cm³/mol. The Kier molecular flexibility index (Phi) is 6.44. The van der Waals surface area contributed by atoms with Gasteiger partial charge in [-0.15, -0.1) is 0 Å². The van der Waals surface area contributed by atoms with Crippen LogP contribution in [0.15, 0.2) is 42.5 Å². The Bertz CT molecular complexity index is 1130. The molecular formula is C25H24F4O5. The molecule has 34 heavy (non-hydrogen) atoms. The van der Waals surface area contributed by atoms with Crippen LogP contribution >= 0.6 is 0 Å². The monoisotopic (exact) mass is 480 g/mol. The summed E-state index contributed by atoms with van der Waals surface area (Å²) in [6.07, 6.45) is -1.05. The first-order valence-electron chi connectivity index (χ1n) is 10.9. The second kappa shape index (κ2) is 9.03. The van der Waals surface area contributed by atoms with Crippen LogP contribution in [0.4, 0.5) is 17.6 Å². The minimum Gasteiger partial charge on any atom is -0.487 e. The summed E-state index contributed by atoms with van der Waals surface area (Å²) >= 11 is 0. The molecule has 0 bridgehead atoms. The first kappa shape index (κ1) is 24.2. The van der Waals surface area contributed by atoms with Crippen molar-refractivity contribution in [2.24, 2.45) is 11.8 Å². The molecule has 3 N–H and O–H groups in total. The molecule has 2 aliphatic rings. The lowest BCUT2D eigenvalue weighted by Crippen LogP contribution is -2.31. The predicted octanol–water partition coefficient (Wildman–Crippen LogP) is 4.37. The number of aliphatic hydroxyl groups excluding tert-OH is 2. The van der Waals surface area contributed by atoms with E-state index in [1.165, 1.54) is 31.2 Å². The van der Waals surface area contributed by atoms with Crippen molar-refractivity contribution < 1.29 is 42.4 Å². The Morgan fingerprint density at radius 3 is 2.65 bits per heavy atom. The van der Waals surface area contributed by atoms with Crippen LogP contribution in [-0.2, 0) is 12.3 Å². The minimum absolute atomic E-state index is 0.0240. The molecule has 5 atom stereocenters. The highest BCUT2D eigenvalue weighted by molar-refractivity contribution is 5.88. The molecule has 1 saturated carbocycles. The van der Waals surface area contributed by atoms with Crippen molar-refractivity contribution in [2.45, 2.75) is 50.4 Å². The zero-order valence-electron chi connectivity index (χ0n) is 18.2. The minimum atomic E-state index is -3.90. The van der Waals surface area contributed by atoms with Crippen LogP contribution in [0.1, 0.15) is 39.9 Å². The molecule has 1 heterocycles. The van der Waals surface area contributed by atoms with Gasteiger partial charge in [0.25, 0.3) is 0 Å². The molecule has 4 rings (SSSR count). The first-order chi connectivity index (χ1) is 16.0. The highest BCUT2D eigenvalue weighted by Gasteiger charge is 2.46. The van der Waals surface area contributed by atoms with E-state index in [9.17, 15) is 32.6 Å². The number of hydrogen-bond acceptors (Lipinski definition) is 4. The van der Waals surface area contributed by atoms with Gasteiger partial charge in [-0.25, -0.2) is 13.6 Å². The molecule has 1 aliphatic heterocycles. The SMILES string of the molecule is Cc1cccc(C(F)(F)C(O)/C=C/[C@@H]2[C@H]3CCc4ccc(C(=O)O)c(F)c4O[C@H]3C[C@H]2O)c1F. The summed E-state index contributed by atoms with van der Waals surface area (Å²) in [6.45, 7) is 1.35. The summed E-state index contributed by atoms with van der Waals surface area (Å²) in [6, 6.07) is 6.18. The fourth-order valence-electron chi connectivity index (χ4n) is 4.87. The Morgan fingerprint density at radius 2 is 1.94 bits per heavy atom. The fraction of sp³-hybridized carbons (Fsp3) is 0.400. The maximum absolute atomic E-state index is 14.8. The van der Waals surface area contributed by atoms with Gasteiger partial charge in [-0.2, -0.15) is 8.78 Å². The third-order valence-corrected chi connectivity index (χ3v) is 6.75. The zero-order valence-corrected chi connectivity index (χ0v) is 18.2. The quantitative estimate of drug-likeness (QED) is 0.437. The topological polar surface area (TPSA) is 87.0 Å². The van der Waals surface area contributed by atoms with Gasteiger partial charge in [0.2, 0.25) is 0 Å². The zero-order chi connectivity index (χ0) is 24.8. The van der Waals surface area contributed by atoms with Crippen LogP contribution in [0.3, 0.4) is 0 Å². The number of carboxylic acid groups (broad SMARTS) is 1. The van der Waals surface area contributed by atoms with E-state index in [0.717, 1.165) is 18.2 Å². The molecule has 0 radical (unpaired) electrons. The number of hydrogen-bond donors (Lipinski definition) is 3. The molecule has 1 aliphatic carbocycles. The fourth-order valence-corrected chi connectivity index (χ4v) is 4.87. The summed E-state index contributed by atoms with van der Waals surface area (Å²) in [5.41, 5.74) is -0.945. The number of fused-ring (bicyclic) bond motifs is 2. The van der Waals surface area contributed by atoms with Crippen LogP contribution in [0.2, 0.25) is 0 Å². The molecule has 182 valence electrons. The van der Waals surface area contributed by atoms with Crippen molar-refractivity contribution in [2.75, 3.05) is 0 Å². The van der Waals surface area contributed by atoms with Gasteiger partial charge in [0.15, 0.2) is 11.6 Å². The van der Waals surface area contributed by atoms with Gasteiger partial charge in [-0.05, 0) is 43.0 Å². The van der Waals surface area contributed by atoms with E-state index in [1.54, 1.807) is 0 Å². The van der Waals surface area contributed by atoms with Gasteiger partial charge >= 0.3 is 11.9 Å². The molecule has 0 aromatic heterocycles. The molecule has 9 heteroatoms. The summed E-state index contributed by atoms with van der Waals surface area (Å²) in [5, 5.41) is 29.9. The largest absolute Gasteiger partial charge is 0.487 e. The average Bonchev–Trinajstić information content (AvgIpc) is 2.95. The van der Waals surface area contributed by atoms with Crippen molar-refractivity contribution in [3.63, 3.8) is 0 Å². The summed E-state index contributed by atoms with van der Waals surface area (Å²) in [4.78, 5) is 11.2. The van der Waals surface area contributed by atoms with Gasteiger partial charge in [0, 0.05) is 18.3 Å². The Hall–Kier alpha value is -2.91. The van der Waals surface area contributed by atoms with Gasteiger partial charge in [0.05, 0.1) is 17.2 Å². The van der Waals surface area contributed by atoms with Crippen molar-refractivity contribution in [1.29, 1.82) is 0 Å². The van der Waals surface area contributed by atoms with E-state index in [-0.39, 0.29) is 23.7 Å². The van der Waals surface area contributed by atoms with Crippen molar-refractivity contribution in [1.82, 2.24) is 0 Å². The summed E-state index contributed by atoms with van der Waals surface area (Å²) in [7, 11) is 0. The third-order valence-electron chi connectivity index (χ3n) is 6.75. The van der Waals surface area contributed by atoms with Crippen LogP contribution in [0.25, 0.3) is 0 Å². The van der Waals surface area contributed by atoms with E-state index in [2.05, 4.69) is 0 Å². The number of carboxylic acids is 1. The second-order valence-electron chi connectivity index (χ2n) is 8.85. The number of aromatic carboxylic acids is 1. The van der Waals surface area contributed by atoms with Crippen molar-refractivity contribution in [3.05, 3.63) is 76.4 Å². The molecule has 0 amide bonds. The summed E-state index contributed by atoms with van der Waals surface area (Å²) in [5.74, 6) is -8.66. The van der Waals surface area contributed by atoms with Crippen molar-refractivity contribution >= 4 is 5.97 Å². The molecule has 5 nitrogen and oxygen atoms in total. The molecule has 2 aromatic carbocycles.